The van der Waals surface area contributed by atoms with Gasteiger partial charge in [-0.3, -0.25) is 9.69 Å². The third-order valence-corrected chi connectivity index (χ3v) is 5.41. The Bertz CT molecular complexity index is 537. The van der Waals surface area contributed by atoms with Gasteiger partial charge in [0.15, 0.2) is 0 Å². The molecule has 5 nitrogen and oxygen atoms in total. The Balaban J connectivity index is 1.53. The van der Waals surface area contributed by atoms with Gasteiger partial charge in [0.1, 0.15) is 5.82 Å². The lowest BCUT2D eigenvalue weighted by molar-refractivity contribution is 0.0953. The largest absolute Gasteiger partial charge is 0.357 e. The minimum Gasteiger partial charge on any atom is -0.357 e. The van der Waals surface area contributed by atoms with E-state index in [1.807, 2.05) is 19.1 Å². The van der Waals surface area contributed by atoms with E-state index in [0.717, 1.165) is 37.4 Å². The van der Waals surface area contributed by atoms with Gasteiger partial charge in [-0.2, -0.15) is 0 Å². The van der Waals surface area contributed by atoms with Crippen molar-refractivity contribution in [3.05, 3.63) is 23.9 Å². The summed E-state index contributed by atoms with van der Waals surface area (Å²) in [6, 6.07) is 5.36. The lowest BCUT2D eigenvalue weighted by atomic mass is 10.0. The molecule has 2 aliphatic rings. The first-order chi connectivity index (χ1) is 11.7. The van der Waals surface area contributed by atoms with Crippen molar-refractivity contribution < 1.29 is 4.79 Å². The molecule has 1 aromatic heterocycles. The van der Waals surface area contributed by atoms with E-state index in [1.165, 1.54) is 32.2 Å². The highest BCUT2D eigenvalue weighted by Gasteiger charge is 2.30. The molecule has 1 unspecified atom stereocenters. The van der Waals surface area contributed by atoms with Crippen LogP contribution >= 0.6 is 0 Å². The summed E-state index contributed by atoms with van der Waals surface area (Å²) in [6.45, 7) is 8.51. The van der Waals surface area contributed by atoms with Gasteiger partial charge in [-0.05, 0) is 57.7 Å². The third-order valence-electron chi connectivity index (χ3n) is 5.41. The Morgan fingerprint density at radius 3 is 2.62 bits per heavy atom. The fourth-order valence-corrected chi connectivity index (χ4v) is 3.97. The number of carbonyl (C=O) groups is 1. The van der Waals surface area contributed by atoms with Crippen LogP contribution in [-0.2, 0) is 0 Å². The topological polar surface area (TPSA) is 48.5 Å². The lowest BCUT2D eigenvalue weighted by Gasteiger charge is -2.39. The molecule has 1 aromatic rings. The fourth-order valence-electron chi connectivity index (χ4n) is 3.97. The smallest absolute Gasteiger partial charge is 0.252 e. The van der Waals surface area contributed by atoms with Crippen LogP contribution < -0.4 is 10.2 Å². The van der Waals surface area contributed by atoms with Crippen molar-refractivity contribution in [1.82, 2.24) is 15.2 Å². The van der Waals surface area contributed by atoms with Gasteiger partial charge in [0.05, 0.1) is 5.56 Å². The number of pyridine rings is 1. The highest BCUT2D eigenvalue weighted by Crippen LogP contribution is 2.27. The third kappa shape index (κ3) is 3.89. The van der Waals surface area contributed by atoms with Gasteiger partial charge in [0, 0.05) is 37.9 Å². The molecule has 0 spiro atoms. The average Bonchev–Trinajstić information content (AvgIpc) is 3.06. The van der Waals surface area contributed by atoms with Crippen LogP contribution in [0.2, 0.25) is 0 Å². The maximum absolute atomic E-state index is 11.9. The highest BCUT2D eigenvalue weighted by molar-refractivity contribution is 5.94. The van der Waals surface area contributed by atoms with E-state index in [4.69, 9.17) is 0 Å². The number of rotatable bonds is 5. The number of nitrogens with zero attached hydrogens (tertiary/aromatic N) is 3. The van der Waals surface area contributed by atoms with Crippen molar-refractivity contribution in [2.24, 2.45) is 0 Å². The molecule has 2 aliphatic heterocycles. The quantitative estimate of drug-likeness (QED) is 0.902. The average molecular weight is 330 g/mol. The summed E-state index contributed by atoms with van der Waals surface area (Å²) in [4.78, 5) is 21.5. The first kappa shape index (κ1) is 17.2. The van der Waals surface area contributed by atoms with Gasteiger partial charge in [0.25, 0.3) is 5.91 Å². The van der Waals surface area contributed by atoms with Crippen molar-refractivity contribution in [3.8, 4) is 0 Å². The first-order valence-corrected chi connectivity index (χ1v) is 9.44. The molecule has 0 aromatic carbocycles. The molecule has 1 amide bonds. The number of hydrogen-bond donors (Lipinski definition) is 1. The molecule has 1 atom stereocenters. The number of hydrogen-bond acceptors (Lipinski definition) is 4. The van der Waals surface area contributed by atoms with Gasteiger partial charge >= 0.3 is 0 Å². The van der Waals surface area contributed by atoms with Crippen LogP contribution in [0.25, 0.3) is 0 Å². The van der Waals surface area contributed by atoms with E-state index in [1.54, 1.807) is 6.20 Å². The van der Waals surface area contributed by atoms with Gasteiger partial charge < -0.3 is 10.2 Å². The Hall–Kier alpha value is -1.62. The van der Waals surface area contributed by atoms with Crippen molar-refractivity contribution in [1.29, 1.82) is 0 Å². The summed E-state index contributed by atoms with van der Waals surface area (Å²) >= 11 is 0. The Labute approximate surface area is 145 Å². The molecule has 3 rings (SSSR count). The van der Waals surface area contributed by atoms with Crippen molar-refractivity contribution >= 4 is 11.7 Å². The Morgan fingerprint density at radius 1 is 1.25 bits per heavy atom. The molecular formula is C19H30N4O. The number of likely N-dealkylation sites (tertiary alicyclic amines) is 1. The summed E-state index contributed by atoms with van der Waals surface area (Å²) in [5.74, 6) is 0.965. The number of anilines is 1. The van der Waals surface area contributed by atoms with Crippen molar-refractivity contribution in [3.63, 3.8) is 0 Å². The minimum atomic E-state index is -0.0300. The summed E-state index contributed by atoms with van der Waals surface area (Å²) < 4.78 is 0. The molecule has 0 saturated carbocycles. The molecule has 0 aliphatic carbocycles. The molecule has 0 radical (unpaired) electrons. The molecule has 1 N–H and O–H groups in total. The zero-order valence-electron chi connectivity index (χ0n) is 15.0. The lowest BCUT2D eigenvalue weighted by Crippen LogP contribution is -2.46. The second-order valence-electron chi connectivity index (χ2n) is 7.11. The Morgan fingerprint density at radius 2 is 2.04 bits per heavy atom. The van der Waals surface area contributed by atoms with Crippen LogP contribution in [0.15, 0.2) is 18.3 Å². The standard InChI is InChI=1S/C19H30N4O/c1-3-10-20-19(24)16-6-7-18(21-14-16)22-12-8-17(9-13-22)23-11-4-5-15(23)2/h6-7,14-15,17H,3-5,8-13H2,1-2H3,(H,20,24). The van der Waals surface area contributed by atoms with Crippen LogP contribution in [0.3, 0.4) is 0 Å². The van der Waals surface area contributed by atoms with Gasteiger partial charge in [-0.25, -0.2) is 4.98 Å². The Kier molecular flexibility index (Phi) is 5.72. The summed E-state index contributed by atoms with van der Waals surface area (Å²) in [7, 11) is 0. The number of nitrogens with one attached hydrogen (secondary N) is 1. The van der Waals surface area contributed by atoms with Crippen LogP contribution in [0.4, 0.5) is 5.82 Å². The maximum atomic E-state index is 11.9. The van der Waals surface area contributed by atoms with Gasteiger partial charge in [0.2, 0.25) is 0 Å². The fraction of sp³-hybridized carbons (Fsp3) is 0.684. The van der Waals surface area contributed by atoms with Crippen molar-refractivity contribution in [2.75, 3.05) is 31.1 Å². The predicted octanol–water partition coefficient (Wildman–Crippen LogP) is 2.67. The van der Waals surface area contributed by atoms with Crippen molar-refractivity contribution in [2.45, 2.75) is 58.0 Å². The molecule has 2 fully saturated rings. The number of carbonyl (C=O) groups excluding carboxylic acids is 1. The minimum absolute atomic E-state index is 0.0300. The normalized spacial score (nSPS) is 22.8. The molecule has 24 heavy (non-hydrogen) atoms. The number of aromatic nitrogens is 1. The van der Waals surface area contributed by atoms with Crippen LogP contribution in [0, 0.1) is 0 Å². The maximum Gasteiger partial charge on any atom is 0.252 e. The number of amides is 1. The second kappa shape index (κ2) is 7.97. The first-order valence-electron chi connectivity index (χ1n) is 9.44. The zero-order valence-corrected chi connectivity index (χ0v) is 15.0. The molecule has 132 valence electrons. The van der Waals surface area contributed by atoms with E-state index in [2.05, 4.69) is 27.0 Å². The second-order valence-corrected chi connectivity index (χ2v) is 7.11. The monoisotopic (exact) mass is 330 g/mol. The zero-order chi connectivity index (χ0) is 16.9. The van der Waals surface area contributed by atoms with E-state index in [0.29, 0.717) is 12.1 Å². The summed E-state index contributed by atoms with van der Waals surface area (Å²) in [5, 5.41) is 2.89. The summed E-state index contributed by atoms with van der Waals surface area (Å²) in [5.41, 5.74) is 0.646. The van der Waals surface area contributed by atoms with Gasteiger partial charge in [-0.15, -0.1) is 0 Å². The van der Waals surface area contributed by atoms with Gasteiger partial charge in [-0.1, -0.05) is 6.92 Å². The van der Waals surface area contributed by atoms with E-state index in [-0.39, 0.29) is 5.91 Å². The molecular weight excluding hydrogens is 300 g/mol. The predicted molar refractivity (Wildman–Crippen MR) is 97.5 cm³/mol. The molecule has 2 saturated heterocycles. The van der Waals surface area contributed by atoms with E-state index in [9.17, 15) is 4.79 Å². The molecule has 3 heterocycles. The summed E-state index contributed by atoms with van der Waals surface area (Å²) in [6.07, 6.45) is 7.78. The van der Waals surface area contributed by atoms with Crippen LogP contribution in [0.5, 0.6) is 0 Å². The van der Waals surface area contributed by atoms with E-state index >= 15 is 0 Å². The molecule has 0 bridgehead atoms. The van der Waals surface area contributed by atoms with Crippen LogP contribution in [-0.4, -0.2) is 54.1 Å². The van der Waals surface area contributed by atoms with E-state index < -0.39 is 0 Å². The van der Waals surface area contributed by atoms with Crippen LogP contribution in [0.1, 0.15) is 56.3 Å². The number of piperidine rings is 1. The highest BCUT2D eigenvalue weighted by atomic mass is 16.1. The molecule has 5 heteroatoms. The SMILES string of the molecule is CCCNC(=O)c1ccc(N2CCC(N3CCCC3C)CC2)nc1.